The zero-order valence-corrected chi connectivity index (χ0v) is 8.19. The molecule has 0 aliphatic heterocycles. The Morgan fingerprint density at radius 3 is 2.36 bits per heavy atom. The van der Waals surface area contributed by atoms with Gasteiger partial charge in [0.2, 0.25) is 0 Å². The fourth-order valence-corrected chi connectivity index (χ4v) is 0.777. The van der Waals surface area contributed by atoms with E-state index < -0.39 is 18.1 Å². The van der Waals surface area contributed by atoms with Crippen molar-refractivity contribution in [2.75, 3.05) is 6.61 Å². The predicted octanol–water partition coefficient (Wildman–Crippen LogP) is -0.0434. The number of carbonyl (C=O) groups is 2. The first-order valence-electron chi connectivity index (χ1n) is 4.28. The summed E-state index contributed by atoms with van der Waals surface area (Å²) in [7, 11) is 0. The molecule has 1 atom stereocenters. The Labute approximate surface area is 81.9 Å². The number of rotatable bonds is 5. The van der Waals surface area contributed by atoms with E-state index in [0.29, 0.717) is 0 Å². The van der Waals surface area contributed by atoms with Crippen LogP contribution >= 0.6 is 0 Å². The predicted molar refractivity (Wildman–Crippen MR) is 47.9 cm³/mol. The molecule has 0 fully saturated rings. The van der Waals surface area contributed by atoms with Crippen LogP contribution in [0.5, 0.6) is 0 Å². The summed E-state index contributed by atoms with van der Waals surface area (Å²) in [4.78, 5) is 21.5. The van der Waals surface area contributed by atoms with E-state index >= 15 is 0 Å². The monoisotopic (exact) mass is 205 g/mol. The van der Waals surface area contributed by atoms with Crippen LogP contribution in [0.2, 0.25) is 0 Å². The maximum Gasteiger partial charge on any atom is 0.408 e. The second kappa shape index (κ2) is 6.20. The Bertz CT molecular complexity index is 204. The molecule has 0 aromatic carbocycles. The molecule has 0 spiro atoms. The molecule has 0 aromatic heterocycles. The van der Waals surface area contributed by atoms with Crippen molar-refractivity contribution in [3.63, 3.8) is 0 Å². The summed E-state index contributed by atoms with van der Waals surface area (Å²) in [5.74, 6) is -1.19. The SMILES string of the molecule is CC(C)OC(=O)N[C@@H](CCO)C(=O)O. The molecule has 1 amide bonds. The van der Waals surface area contributed by atoms with E-state index in [1.165, 1.54) is 0 Å². The number of alkyl carbamates (subject to hydrolysis) is 1. The second-order valence-corrected chi connectivity index (χ2v) is 3.00. The highest BCUT2D eigenvalue weighted by molar-refractivity contribution is 5.79. The molecule has 0 aromatic rings. The fraction of sp³-hybridized carbons (Fsp3) is 0.750. The number of ether oxygens (including phenoxy) is 1. The van der Waals surface area contributed by atoms with E-state index in [2.05, 4.69) is 10.1 Å². The molecular weight excluding hydrogens is 190 g/mol. The number of carboxylic acid groups (broad SMARTS) is 1. The van der Waals surface area contributed by atoms with Gasteiger partial charge < -0.3 is 20.3 Å². The summed E-state index contributed by atoms with van der Waals surface area (Å²) in [6.45, 7) is 3.00. The van der Waals surface area contributed by atoms with Crippen LogP contribution in [-0.2, 0) is 9.53 Å². The number of aliphatic hydroxyl groups excluding tert-OH is 1. The zero-order valence-electron chi connectivity index (χ0n) is 8.19. The van der Waals surface area contributed by atoms with Gasteiger partial charge in [-0.25, -0.2) is 9.59 Å². The number of carbonyl (C=O) groups excluding carboxylic acids is 1. The minimum atomic E-state index is -1.19. The number of nitrogens with one attached hydrogen (secondary N) is 1. The minimum absolute atomic E-state index is 0.0392. The smallest absolute Gasteiger partial charge is 0.408 e. The van der Waals surface area contributed by atoms with Crippen molar-refractivity contribution >= 4 is 12.1 Å². The van der Waals surface area contributed by atoms with Crippen molar-refractivity contribution in [3.8, 4) is 0 Å². The lowest BCUT2D eigenvalue weighted by molar-refractivity contribution is -0.139. The Morgan fingerprint density at radius 1 is 1.43 bits per heavy atom. The molecule has 0 saturated carbocycles. The molecule has 0 heterocycles. The first-order chi connectivity index (χ1) is 6.47. The van der Waals surface area contributed by atoms with Crippen LogP contribution in [0.3, 0.4) is 0 Å². The molecule has 0 saturated heterocycles. The highest BCUT2D eigenvalue weighted by Gasteiger charge is 2.20. The molecular formula is C8H15NO5. The van der Waals surface area contributed by atoms with Crippen LogP contribution in [0, 0.1) is 0 Å². The molecule has 0 rings (SSSR count). The Morgan fingerprint density at radius 2 is 2.00 bits per heavy atom. The lowest BCUT2D eigenvalue weighted by Gasteiger charge is -2.14. The van der Waals surface area contributed by atoms with Gasteiger partial charge in [-0.2, -0.15) is 0 Å². The van der Waals surface area contributed by atoms with Crippen LogP contribution in [0.4, 0.5) is 4.79 Å². The summed E-state index contributed by atoms with van der Waals surface area (Å²) in [6.07, 6.45) is -1.14. The Hall–Kier alpha value is -1.30. The van der Waals surface area contributed by atoms with Gasteiger partial charge in [-0.1, -0.05) is 0 Å². The minimum Gasteiger partial charge on any atom is -0.480 e. The first-order valence-corrected chi connectivity index (χ1v) is 4.28. The number of hydrogen-bond acceptors (Lipinski definition) is 4. The van der Waals surface area contributed by atoms with Gasteiger partial charge >= 0.3 is 12.1 Å². The van der Waals surface area contributed by atoms with Gasteiger partial charge in [0.05, 0.1) is 6.10 Å². The van der Waals surface area contributed by atoms with Gasteiger partial charge in [-0.05, 0) is 13.8 Å². The zero-order chi connectivity index (χ0) is 11.1. The summed E-state index contributed by atoms with van der Waals surface area (Å²) in [5.41, 5.74) is 0. The third-order valence-corrected chi connectivity index (χ3v) is 1.35. The van der Waals surface area contributed by atoms with Gasteiger partial charge in [0, 0.05) is 13.0 Å². The summed E-state index contributed by atoms with van der Waals surface area (Å²) in [6, 6.07) is -1.11. The van der Waals surface area contributed by atoms with E-state index in [0.717, 1.165) is 0 Å². The van der Waals surface area contributed by atoms with Crippen molar-refractivity contribution in [1.29, 1.82) is 0 Å². The maximum atomic E-state index is 11.0. The highest BCUT2D eigenvalue weighted by Crippen LogP contribution is 1.94. The lowest BCUT2D eigenvalue weighted by Crippen LogP contribution is -2.42. The van der Waals surface area contributed by atoms with E-state index in [-0.39, 0.29) is 19.1 Å². The first kappa shape index (κ1) is 12.7. The van der Waals surface area contributed by atoms with E-state index in [1.807, 2.05) is 0 Å². The van der Waals surface area contributed by atoms with Crippen LogP contribution in [0.1, 0.15) is 20.3 Å². The van der Waals surface area contributed by atoms with Crippen molar-refractivity contribution < 1.29 is 24.5 Å². The van der Waals surface area contributed by atoms with Gasteiger partial charge in [-0.3, -0.25) is 0 Å². The molecule has 6 heteroatoms. The average molecular weight is 205 g/mol. The van der Waals surface area contributed by atoms with Gasteiger partial charge in [0.1, 0.15) is 6.04 Å². The van der Waals surface area contributed by atoms with Gasteiger partial charge in [0.15, 0.2) is 0 Å². The highest BCUT2D eigenvalue weighted by atomic mass is 16.6. The normalized spacial score (nSPS) is 12.3. The summed E-state index contributed by atoms with van der Waals surface area (Å²) >= 11 is 0. The third-order valence-electron chi connectivity index (χ3n) is 1.35. The number of carboxylic acids is 1. The standard InChI is InChI=1S/C8H15NO5/c1-5(2)14-8(13)9-6(3-4-10)7(11)12/h5-6,10H,3-4H2,1-2H3,(H,9,13)(H,11,12)/t6-/m0/s1. The van der Waals surface area contributed by atoms with Crippen molar-refractivity contribution in [2.45, 2.75) is 32.4 Å². The molecule has 0 aliphatic carbocycles. The number of amides is 1. The largest absolute Gasteiger partial charge is 0.480 e. The molecule has 14 heavy (non-hydrogen) atoms. The summed E-state index contributed by atoms with van der Waals surface area (Å²) < 4.78 is 4.68. The lowest BCUT2D eigenvalue weighted by atomic mass is 10.2. The molecule has 6 nitrogen and oxygen atoms in total. The molecule has 0 radical (unpaired) electrons. The fourth-order valence-electron chi connectivity index (χ4n) is 0.777. The second-order valence-electron chi connectivity index (χ2n) is 3.00. The van der Waals surface area contributed by atoms with E-state index in [4.69, 9.17) is 10.2 Å². The van der Waals surface area contributed by atoms with Gasteiger partial charge in [0.25, 0.3) is 0 Å². The van der Waals surface area contributed by atoms with Crippen LogP contribution in [0.25, 0.3) is 0 Å². The quantitative estimate of drug-likeness (QED) is 0.585. The molecule has 0 unspecified atom stereocenters. The number of aliphatic carboxylic acids is 1. The number of aliphatic hydroxyl groups is 1. The van der Waals surface area contributed by atoms with Gasteiger partial charge in [-0.15, -0.1) is 0 Å². The van der Waals surface area contributed by atoms with Crippen LogP contribution in [-0.4, -0.2) is 41.0 Å². The number of hydrogen-bond donors (Lipinski definition) is 3. The molecule has 0 aliphatic rings. The Balaban J connectivity index is 4.02. The van der Waals surface area contributed by atoms with E-state index in [1.54, 1.807) is 13.8 Å². The molecule has 3 N–H and O–H groups in total. The Kier molecular flexibility index (Phi) is 5.62. The van der Waals surface area contributed by atoms with E-state index in [9.17, 15) is 9.59 Å². The van der Waals surface area contributed by atoms with Crippen molar-refractivity contribution in [2.24, 2.45) is 0 Å². The maximum absolute atomic E-state index is 11.0. The third kappa shape index (κ3) is 5.36. The molecule has 82 valence electrons. The van der Waals surface area contributed by atoms with Crippen LogP contribution in [0.15, 0.2) is 0 Å². The van der Waals surface area contributed by atoms with Crippen molar-refractivity contribution in [1.82, 2.24) is 5.32 Å². The topological polar surface area (TPSA) is 95.9 Å². The molecule has 0 bridgehead atoms. The summed E-state index contributed by atoms with van der Waals surface area (Å²) in [5, 5.41) is 19.3. The van der Waals surface area contributed by atoms with Crippen LogP contribution < -0.4 is 5.32 Å². The average Bonchev–Trinajstić information content (AvgIpc) is 2.01. The van der Waals surface area contributed by atoms with Crippen molar-refractivity contribution in [3.05, 3.63) is 0 Å².